The molecule has 0 saturated heterocycles. The van der Waals surface area contributed by atoms with Crippen LogP contribution in [0.5, 0.6) is 0 Å². The van der Waals surface area contributed by atoms with Crippen molar-refractivity contribution >= 4 is 23.2 Å². The van der Waals surface area contributed by atoms with Gasteiger partial charge in [0.15, 0.2) is 11.0 Å². The Morgan fingerprint density at radius 1 is 1.15 bits per heavy atom. The average molecular weight is 234 g/mol. The normalized spacial score (nSPS) is 11.8. The minimum Gasteiger partial charge on any atom is -0.221 e. The average Bonchev–Trinajstić information content (AvgIpc) is 1.94. The lowest BCUT2D eigenvalue weighted by Crippen LogP contribution is -2.07. The van der Waals surface area contributed by atoms with E-state index >= 15 is 0 Å². The van der Waals surface area contributed by atoms with Gasteiger partial charge in [-0.1, -0.05) is 23.2 Å². The molecule has 0 N–H and O–H groups in total. The lowest BCUT2D eigenvalue weighted by atomic mass is 10.3. The number of hydrogen-bond donors (Lipinski definition) is 0. The van der Waals surface area contributed by atoms with Crippen LogP contribution in [0.15, 0.2) is 6.07 Å². The molecule has 72 valence electrons. The summed E-state index contributed by atoms with van der Waals surface area (Å²) in [5, 5.41) is -1.54. The van der Waals surface area contributed by atoms with Gasteiger partial charge >= 0.3 is 6.18 Å². The lowest BCUT2D eigenvalue weighted by Gasteiger charge is -2.07. The van der Waals surface area contributed by atoms with Gasteiger partial charge < -0.3 is 0 Å². The van der Waals surface area contributed by atoms with E-state index in [0.717, 1.165) is 0 Å². The molecule has 0 saturated carbocycles. The summed E-state index contributed by atoms with van der Waals surface area (Å²) in [6.45, 7) is 0. The third kappa shape index (κ3) is 2.22. The number of pyridine rings is 1. The van der Waals surface area contributed by atoms with Crippen molar-refractivity contribution in [2.24, 2.45) is 0 Å². The number of halogens is 6. The van der Waals surface area contributed by atoms with Crippen molar-refractivity contribution in [1.82, 2.24) is 4.98 Å². The topological polar surface area (TPSA) is 12.9 Å². The van der Waals surface area contributed by atoms with Gasteiger partial charge in [0.25, 0.3) is 0 Å². The molecule has 0 aromatic carbocycles. The van der Waals surface area contributed by atoms with Crippen LogP contribution < -0.4 is 0 Å². The Bertz CT molecular complexity index is 336. The summed E-state index contributed by atoms with van der Waals surface area (Å²) in [6, 6.07) is 0.206. The SMILES string of the molecule is Fc1cc(C(F)(F)F)c(Cl)nc1Cl. The highest BCUT2D eigenvalue weighted by Crippen LogP contribution is 2.35. The fourth-order valence-corrected chi connectivity index (χ4v) is 1.07. The summed E-state index contributed by atoms with van der Waals surface area (Å²) in [6.07, 6.45) is -4.73. The van der Waals surface area contributed by atoms with Crippen molar-refractivity contribution < 1.29 is 17.6 Å². The first-order valence-corrected chi connectivity index (χ1v) is 3.66. The second-order valence-electron chi connectivity index (χ2n) is 2.10. The number of alkyl halides is 3. The van der Waals surface area contributed by atoms with Crippen molar-refractivity contribution in [3.63, 3.8) is 0 Å². The fraction of sp³-hybridized carbons (Fsp3) is 0.167. The van der Waals surface area contributed by atoms with Crippen LogP contribution in [0.1, 0.15) is 5.56 Å². The first-order valence-electron chi connectivity index (χ1n) is 2.91. The molecule has 0 aliphatic carbocycles. The lowest BCUT2D eigenvalue weighted by molar-refractivity contribution is -0.137. The molecule has 1 aromatic heterocycles. The van der Waals surface area contributed by atoms with Gasteiger partial charge in [-0.25, -0.2) is 9.37 Å². The highest BCUT2D eigenvalue weighted by molar-refractivity contribution is 6.33. The minimum atomic E-state index is -4.73. The van der Waals surface area contributed by atoms with Crippen molar-refractivity contribution in [1.29, 1.82) is 0 Å². The third-order valence-electron chi connectivity index (χ3n) is 1.19. The highest BCUT2D eigenvalue weighted by atomic mass is 35.5. The minimum absolute atomic E-state index is 0.206. The van der Waals surface area contributed by atoms with Gasteiger partial charge in [-0.2, -0.15) is 13.2 Å². The van der Waals surface area contributed by atoms with Crippen LogP contribution in [0.2, 0.25) is 10.3 Å². The van der Waals surface area contributed by atoms with Crippen LogP contribution in [-0.2, 0) is 6.18 Å². The van der Waals surface area contributed by atoms with Crippen LogP contribution in [0, 0.1) is 5.82 Å². The summed E-state index contributed by atoms with van der Waals surface area (Å²) in [7, 11) is 0. The molecule has 13 heavy (non-hydrogen) atoms. The van der Waals surface area contributed by atoms with E-state index in [1.807, 2.05) is 0 Å². The second-order valence-corrected chi connectivity index (χ2v) is 2.81. The first kappa shape index (κ1) is 10.5. The maximum atomic E-state index is 12.5. The molecule has 1 nitrogen and oxygen atoms in total. The van der Waals surface area contributed by atoms with Crippen LogP contribution in [0.25, 0.3) is 0 Å². The van der Waals surface area contributed by atoms with Gasteiger partial charge in [-0.15, -0.1) is 0 Å². The zero-order chi connectivity index (χ0) is 10.2. The molecule has 0 aliphatic rings. The summed E-state index contributed by atoms with van der Waals surface area (Å²) < 4.78 is 48.6. The Kier molecular flexibility index (Phi) is 2.68. The van der Waals surface area contributed by atoms with Crippen molar-refractivity contribution in [2.45, 2.75) is 6.18 Å². The van der Waals surface area contributed by atoms with Gasteiger partial charge in [-0.05, 0) is 6.07 Å². The molecule has 0 fully saturated rings. The van der Waals surface area contributed by atoms with E-state index in [4.69, 9.17) is 23.2 Å². The standard InChI is InChI=1S/C6HCl2F4N/c7-4-2(6(10,11)12)1-3(9)5(8)13-4/h1H. The molecule has 0 aliphatic heterocycles. The maximum Gasteiger partial charge on any atom is 0.419 e. The second kappa shape index (κ2) is 3.31. The van der Waals surface area contributed by atoms with E-state index in [-0.39, 0.29) is 6.07 Å². The molecule has 0 spiro atoms. The Morgan fingerprint density at radius 3 is 2.15 bits per heavy atom. The largest absolute Gasteiger partial charge is 0.419 e. The zero-order valence-electron chi connectivity index (χ0n) is 5.79. The van der Waals surface area contributed by atoms with E-state index in [2.05, 4.69) is 4.98 Å². The van der Waals surface area contributed by atoms with Crippen LogP contribution >= 0.6 is 23.2 Å². The molecular formula is C6HCl2F4N. The zero-order valence-corrected chi connectivity index (χ0v) is 7.30. The van der Waals surface area contributed by atoms with E-state index in [0.29, 0.717) is 0 Å². The monoisotopic (exact) mass is 233 g/mol. The Labute approximate surface area is 80.3 Å². The van der Waals surface area contributed by atoms with Crippen LogP contribution in [0.3, 0.4) is 0 Å². The van der Waals surface area contributed by atoms with E-state index in [1.54, 1.807) is 0 Å². The maximum absolute atomic E-state index is 12.5. The molecule has 1 rings (SSSR count). The number of aromatic nitrogens is 1. The fourth-order valence-electron chi connectivity index (χ4n) is 0.644. The number of nitrogens with zero attached hydrogens (tertiary/aromatic N) is 1. The molecule has 0 radical (unpaired) electrons. The molecule has 7 heteroatoms. The molecule has 0 atom stereocenters. The van der Waals surface area contributed by atoms with Crippen molar-refractivity contribution in [3.8, 4) is 0 Å². The highest BCUT2D eigenvalue weighted by Gasteiger charge is 2.35. The van der Waals surface area contributed by atoms with Crippen LogP contribution in [-0.4, -0.2) is 4.98 Å². The molecule has 0 bridgehead atoms. The Balaban J connectivity index is 3.32. The van der Waals surface area contributed by atoms with Gasteiger partial charge in [-0.3, -0.25) is 0 Å². The van der Waals surface area contributed by atoms with E-state index < -0.39 is 27.9 Å². The van der Waals surface area contributed by atoms with Crippen LogP contribution in [0.4, 0.5) is 17.6 Å². The third-order valence-corrected chi connectivity index (χ3v) is 1.75. The molecule has 1 heterocycles. The number of hydrogen-bond acceptors (Lipinski definition) is 1. The molecule has 1 aromatic rings. The summed E-state index contributed by atoms with van der Waals surface area (Å²) in [4.78, 5) is 2.98. The van der Waals surface area contributed by atoms with E-state index in [1.165, 1.54) is 0 Å². The summed E-state index contributed by atoms with van der Waals surface area (Å²) in [5.41, 5.74) is -1.34. The van der Waals surface area contributed by atoms with Gasteiger partial charge in [0.05, 0.1) is 5.56 Å². The van der Waals surface area contributed by atoms with Gasteiger partial charge in [0.1, 0.15) is 5.15 Å². The summed E-state index contributed by atoms with van der Waals surface area (Å²) in [5.74, 6) is -1.25. The summed E-state index contributed by atoms with van der Waals surface area (Å²) >= 11 is 10.2. The van der Waals surface area contributed by atoms with E-state index in [9.17, 15) is 17.6 Å². The van der Waals surface area contributed by atoms with Crippen molar-refractivity contribution in [3.05, 3.63) is 27.8 Å². The molecular weight excluding hydrogens is 233 g/mol. The smallest absolute Gasteiger partial charge is 0.221 e. The molecule has 0 unspecified atom stereocenters. The first-order chi connectivity index (χ1) is 5.82. The predicted octanol–water partition coefficient (Wildman–Crippen LogP) is 3.55. The Morgan fingerprint density at radius 2 is 1.69 bits per heavy atom. The molecule has 0 amide bonds. The van der Waals surface area contributed by atoms with Gasteiger partial charge in [0, 0.05) is 0 Å². The van der Waals surface area contributed by atoms with Crippen molar-refractivity contribution in [2.75, 3.05) is 0 Å². The predicted molar refractivity (Wildman–Crippen MR) is 39.2 cm³/mol. The number of rotatable bonds is 0. The quantitative estimate of drug-likeness (QED) is 0.494. The Hall–Kier alpha value is -0.550. The van der Waals surface area contributed by atoms with Gasteiger partial charge in [0.2, 0.25) is 0 Å².